The number of hydrogen-bond donors (Lipinski definition) is 2. The van der Waals surface area contributed by atoms with E-state index < -0.39 is 0 Å². The van der Waals surface area contributed by atoms with Crippen molar-refractivity contribution in [2.75, 3.05) is 5.32 Å². The minimum atomic E-state index is -0.228. The second kappa shape index (κ2) is 6.33. The number of rotatable bonds is 3. The summed E-state index contributed by atoms with van der Waals surface area (Å²) in [6.07, 6.45) is 0. The average molecular weight is 347 g/mol. The molecule has 4 rings (SSSR count). The summed E-state index contributed by atoms with van der Waals surface area (Å²) in [6.45, 7) is 0. The van der Waals surface area contributed by atoms with Crippen LogP contribution in [0.5, 0.6) is 0 Å². The van der Waals surface area contributed by atoms with Crippen LogP contribution in [-0.2, 0) is 0 Å². The number of para-hydroxylation sites is 1. The van der Waals surface area contributed by atoms with Crippen LogP contribution in [0.25, 0.3) is 22.2 Å². The molecule has 0 aliphatic carbocycles. The van der Waals surface area contributed by atoms with E-state index in [0.717, 1.165) is 10.9 Å². The van der Waals surface area contributed by atoms with E-state index in [-0.39, 0.29) is 11.5 Å². The zero-order valence-electron chi connectivity index (χ0n) is 13.0. The van der Waals surface area contributed by atoms with Crippen LogP contribution in [0.1, 0.15) is 10.4 Å². The van der Waals surface area contributed by atoms with Gasteiger partial charge in [0.1, 0.15) is 0 Å². The number of amides is 1. The number of aromatic nitrogens is 2. The maximum absolute atomic E-state index is 12.3. The summed E-state index contributed by atoms with van der Waals surface area (Å²) in [7, 11) is 0. The number of anilines is 1. The van der Waals surface area contributed by atoms with Crippen LogP contribution in [0.3, 0.4) is 0 Å². The molecule has 0 aliphatic heterocycles. The number of pyridine rings is 1. The first-order chi connectivity index (χ1) is 12.2. The normalized spacial score (nSPS) is 10.7. The highest BCUT2D eigenvalue weighted by Crippen LogP contribution is 2.24. The second-order valence-corrected chi connectivity index (χ2v) is 6.32. The lowest BCUT2D eigenvalue weighted by Crippen LogP contribution is -2.12. The van der Waals surface area contributed by atoms with Gasteiger partial charge in [0.05, 0.1) is 11.3 Å². The molecule has 5 nitrogen and oxygen atoms in total. The van der Waals surface area contributed by atoms with Crippen LogP contribution in [0.2, 0.25) is 0 Å². The van der Waals surface area contributed by atoms with Gasteiger partial charge in [0, 0.05) is 16.5 Å². The number of benzene rings is 2. The molecule has 0 bridgehead atoms. The number of H-pyrrole nitrogens is 1. The van der Waals surface area contributed by atoms with Crippen molar-refractivity contribution in [3.05, 3.63) is 82.0 Å². The zero-order valence-corrected chi connectivity index (χ0v) is 13.8. The van der Waals surface area contributed by atoms with Gasteiger partial charge in [-0.05, 0) is 29.7 Å². The molecule has 0 saturated carbocycles. The van der Waals surface area contributed by atoms with Crippen molar-refractivity contribution in [3.8, 4) is 11.3 Å². The maximum atomic E-state index is 12.3. The van der Waals surface area contributed by atoms with E-state index in [1.807, 2.05) is 36.4 Å². The molecule has 2 aromatic carbocycles. The Morgan fingerprint density at radius 2 is 1.80 bits per heavy atom. The number of aromatic amines is 1. The number of nitrogens with zero attached hydrogens (tertiary/aromatic N) is 1. The maximum Gasteiger partial charge on any atom is 0.257 e. The number of nitrogens with one attached hydrogen (secondary N) is 2. The van der Waals surface area contributed by atoms with Gasteiger partial charge in [-0.25, -0.2) is 4.98 Å². The van der Waals surface area contributed by atoms with Crippen LogP contribution < -0.4 is 10.9 Å². The van der Waals surface area contributed by atoms with Gasteiger partial charge >= 0.3 is 0 Å². The van der Waals surface area contributed by atoms with Gasteiger partial charge in [-0.3, -0.25) is 14.9 Å². The van der Waals surface area contributed by atoms with E-state index in [0.29, 0.717) is 22.0 Å². The molecule has 4 aromatic rings. The van der Waals surface area contributed by atoms with Crippen LogP contribution >= 0.6 is 11.3 Å². The Kier molecular flexibility index (Phi) is 3.87. The van der Waals surface area contributed by atoms with E-state index in [9.17, 15) is 9.59 Å². The van der Waals surface area contributed by atoms with Crippen LogP contribution in [0.4, 0.5) is 5.13 Å². The van der Waals surface area contributed by atoms with Crippen molar-refractivity contribution in [1.29, 1.82) is 0 Å². The van der Waals surface area contributed by atoms with Crippen molar-refractivity contribution in [3.63, 3.8) is 0 Å². The molecule has 2 N–H and O–H groups in total. The van der Waals surface area contributed by atoms with Gasteiger partial charge in [0.15, 0.2) is 5.13 Å². The first-order valence-corrected chi connectivity index (χ1v) is 8.53. The smallest absolute Gasteiger partial charge is 0.257 e. The van der Waals surface area contributed by atoms with Gasteiger partial charge in [-0.1, -0.05) is 36.4 Å². The molecule has 122 valence electrons. The molecule has 0 unspecified atom stereocenters. The summed E-state index contributed by atoms with van der Waals surface area (Å²) in [5.74, 6) is -0.228. The van der Waals surface area contributed by atoms with Gasteiger partial charge < -0.3 is 4.98 Å². The Hall–Kier alpha value is -3.25. The summed E-state index contributed by atoms with van der Waals surface area (Å²) < 4.78 is 0. The molecule has 0 fully saturated rings. The van der Waals surface area contributed by atoms with E-state index in [1.165, 1.54) is 11.3 Å². The molecule has 25 heavy (non-hydrogen) atoms. The Morgan fingerprint density at radius 1 is 1.04 bits per heavy atom. The third-order valence-electron chi connectivity index (χ3n) is 3.79. The standard InChI is InChI=1S/C19H13N3O2S/c23-17(12-6-2-1-3-7-12)22-19-21-16(11-25-19)14-10-13-8-4-5-9-15(13)20-18(14)24/h1-11H,(H,20,24)(H,21,22,23). The SMILES string of the molecule is O=C(Nc1nc(-c2cc3ccccc3[nH]c2=O)cs1)c1ccccc1. The molecule has 2 heterocycles. The minimum absolute atomic E-state index is 0.204. The lowest BCUT2D eigenvalue weighted by Gasteiger charge is -2.02. The molecule has 0 aliphatic rings. The molecular formula is C19H13N3O2S. The highest BCUT2D eigenvalue weighted by Gasteiger charge is 2.12. The highest BCUT2D eigenvalue weighted by atomic mass is 32.1. The number of thiazole rings is 1. The third kappa shape index (κ3) is 3.07. The predicted molar refractivity (Wildman–Crippen MR) is 100 cm³/mol. The van der Waals surface area contributed by atoms with Gasteiger partial charge in [-0.2, -0.15) is 0 Å². The number of carbonyl (C=O) groups is 1. The quantitative estimate of drug-likeness (QED) is 0.590. The van der Waals surface area contributed by atoms with E-state index in [4.69, 9.17) is 0 Å². The number of fused-ring (bicyclic) bond motifs is 1. The molecule has 2 aromatic heterocycles. The fourth-order valence-electron chi connectivity index (χ4n) is 2.55. The summed E-state index contributed by atoms with van der Waals surface area (Å²) in [5, 5.41) is 5.91. The molecule has 6 heteroatoms. The molecular weight excluding hydrogens is 334 g/mol. The van der Waals surface area contributed by atoms with Gasteiger partial charge in [-0.15, -0.1) is 11.3 Å². The van der Waals surface area contributed by atoms with E-state index in [1.54, 1.807) is 29.6 Å². The topological polar surface area (TPSA) is 74.8 Å². The average Bonchev–Trinajstić information content (AvgIpc) is 3.10. The van der Waals surface area contributed by atoms with Crippen LogP contribution in [-0.4, -0.2) is 15.9 Å². The Morgan fingerprint density at radius 3 is 2.64 bits per heavy atom. The minimum Gasteiger partial charge on any atom is -0.321 e. The van der Waals surface area contributed by atoms with Crippen molar-refractivity contribution in [2.24, 2.45) is 0 Å². The monoisotopic (exact) mass is 347 g/mol. The first kappa shape index (κ1) is 15.3. The van der Waals surface area contributed by atoms with Gasteiger partial charge in [0.2, 0.25) is 0 Å². The summed E-state index contributed by atoms with van der Waals surface area (Å²) in [6, 6.07) is 18.3. The van der Waals surface area contributed by atoms with Crippen molar-refractivity contribution in [2.45, 2.75) is 0 Å². The fraction of sp³-hybridized carbons (Fsp3) is 0. The number of hydrogen-bond acceptors (Lipinski definition) is 4. The lowest BCUT2D eigenvalue weighted by molar-refractivity contribution is 0.102. The van der Waals surface area contributed by atoms with E-state index >= 15 is 0 Å². The van der Waals surface area contributed by atoms with Crippen LogP contribution in [0.15, 0.2) is 70.8 Å². The zero-order chi connectivity index (χ0) is 17.2. The summed E-state index contributed by atoms with van der Waals surface area (Å²) in [5.41, 5.74) is 2.16. The first-order valence-electron chi connectivity index (χ1n) is 7.65. The third-order valence-corrected chi connectivity index (χ3v) is 4.55. The molecule has 0 atom stereocenters. The molecule has 0 saturated heterocycles. The lowest BCUT2D eigenvalue weighted by atomic mass is 10.1. The molecule has 1 amide bonds. The largest absolute Gasteiger partial charge is 0.321 e. The molecule has 0 spiro atoms. The van der Waals surface area contributed by atoms with Crippen molar-refractivity contribution < 1.29 is 4.79 Å². The molecule has 0 radical (unpaired) electrons. The Balaban J connectivity index is 1.64. The summed E-state index contributed by atoms with van der Waals surface area (Å²) in [4.78, 5) is 31.7. The second-order valence-electron chi connectivity index (χ2n) is 5.46. The van der Waals surface area contributed by atoms with Crippen LogP contribution in [0, 0.1) is 0 Å². The fourth-order valence-corrected chi connectivity index (χ4v) is 3.26. The Labute approximate surface area is 147 Å². The Bertz CT molecular complexity index is 1120. The highest BCUT2D eigenvalue weighted by molar-refractivity contribution is 7.14. The predicted octanol–water partition coefficient (Wildman–Crippen LogP) is 3.90. The summed E-state index contributed by atoms with van der Waals surface area (Å²) >= 11 is 1.29. The van der Waals surface area contributed by atoms with Gasteiger partial charge in [0.25, 0.3) is 11.5 Å². The van der Waals surface area contributed by atoms with E-state index in [2.05, 4.69) is 15.3 Å². The van der Waals surface area contributed by atoms with Crippen molar-refractivity contribution in [1.82, 2.24) is 9.97 Å². The van der Waals surface area contributed by atoms with Crippen molar-refractivity contribution >= 4 is 33.3 Å². The number of carbonyl (C=O) groups excluding carboxylic acids is 1.